The maximum absolute atomic E-state index is 13.8. The first-order chi connectivity index (χ1) is 14.2. The molecule has 1 aliphatic heterocycles. The maximum atomic E-state index is 13.8. The molecule has 0 atom stereocenters. The molecule has 0 saturated carbocycles. The highest BCUT2D eigenvalue weighted by atomic mass is 19.1. The van der Waals surface area contributed by atoms with Gasteiger partial charge in [0, 0.05) is 17.7 Å². The Morgan fingerprint density at radius 1 is 1.14 bits per heavy atom. The van der Waals surface area contributed by atoms with Crippen molar-refractivity contribution in [2.24, 2.45) is 0 Å². The summed E-state index contributed by atoms with van der Waals surface area (Å²) in [6.07, 6.45) is 1.87. The van der Waals surface area contributed by atoms with E-state index in [4.69, 9.17) is 18.6 Å². The highest BCUT2D eigenvalue weighted by Crippen LogP contribution is 2.29. The number of benzene rings is 2. The second kappa shape index (κ2) is 8.79. The number of furan rings is 1. The fourth-order valence-corrected chi connectivity index (χ4v) is 3.16. The van der Waals surface area contributed by atoms with Gasteiger partial charge in [-0.25, -0.2) is 4.39 Å². The first-order valence-electron chi connectivity index (χ1n) is 9.25. The van der Waals surface area contributed by atoms with E-state index in [2.05, 4.69) is 5.32 Å². The van der Waals surface area contributed by atoms with Gasteiger partial charge in [0.1, 0.15) is 23.9 Å². The van der Waals surface area contributed by atoms with Gasteiger partial charge in [0.25, 0.3) is 5.91 Å². The van der Waals surface area contributed by atoms with Gasteiger partial charge in [-0.3, -0.25) is 4.79 Å². The molecule has 7 heteroatoms. The van der Waals surface area contributed by atoms with Crippen LogP contribution in [-0.2, 0) is 24.4 Å². The van der Waals surface area contributed by atoms with Gasteiger partial charge >= 0.3 is 0 Å². The molecule has 2 aromatic carbocycles. The molecule has 2 heterocycles. The van der Waals surface area contributed by atoms with Gasteiger partial charge in [0.15, 0.2) is 12.6 Å². The number of rotatable bonds is 7. The number of amides is 1. The minimum Gasteiger partial charge on any atom is -0.489 e. The second-order valence-electron chi connectivity index (χ2n) is 6.55. The summed E-state index contributed by atoms with van der Waals surface area (Å²) in [5.74, 6) is 0.829. The number of hydrogen-bond acceptors (Lipinski definition) is 5. The van der Waals surface area contributed by atoms with E-state index < -0.39 is 0 Å². The van der Waals surface area contributed by atoms with Crippen LogP contribution in [0.3, 0.4) is 0 Å². The van der Waals surface area contributed by atoms with E-state index in [1.54, 1.807) is 6.07 Å². The number of ether oxygens (including phenoxy) is 3. The molecule has 0 bridgehead atoms. The molecular formula is C22H20FNO5. The topological polar surface area (TPSA) is 69.9 Å². The van der Waals surface area contributed by atoms with Crippen molar-refractivity contribution in [2.45, 2.75) is 19.6 Å². The number of carbonyl (C=O) groups excluding carboxylic acids is 1. The van der Waals surface area contributed by atoms with Crippen molar-refractivity contribution in [3.63, 3.8) is 0 Å². The van der Waals surface area contributed by atoms with E-state index in [-0.39, 0.29) is 30.9 Å². The zero-order chi connectivity index (χ0) is 20.1. The lowest BCUT2D eigenvalue weighted by Gasteiger charge is -2.20. The lowest BCUT2D eigenvalue weighted by Crippen LogP contribution is -2.26. The van der Waals surface area contributed by atoms with Crippen LogP contribution < -0.4 is 14.8 Å². The van der Waals surface area contributed by atoms with E-state index >= 15 is 0 Å². The summed E-state index contributed by atoms with van der Waals surface area (Å²) in [6.45, 7) is 0.964. The first kappa shape index (κ1) is 19.0. The standard InChI is InChI=1S/C22H20FNO5/c23-18-10-15(20-17(11-18)12-26-14-29-20)6-8-24-22(25)21-16(7-9-27-21)13-28-19-4-2-1-3-5-19/h1-5,7,9-11H,6,8,12-14H2,(H,24,25). The molecule has 0 radical (unpaired) electrons. The highest BCUT2D eigenvalue weighted by molar-refractivity contribution is 5.92. The van der Waals surface area contributed by atoms with Crippen molar-refractivity contribution >= 4 is 5.91 Å². The third-order valence-corrected chi connectivity index (χ3v) is 4.52. The Balaban J connectivity index is 1.35. The predicted molar refractivity (Wildman–Crippen MR) is 102 cm³/mol. The Morgan fingerprint density at radius 2 is 2.00 bits per heavy atom. The van der Waals surface area contributed by atoms with Gasteiger partial charge in [0.05, 0.1) is 12.9 Å². The van der Waals surface area contributed by atoms with Crippen LogP contribution in [0, 0.1) is 5.82 Å². The number of hydrogen-bond donors (Lipinski definition) is 1. The summed E-state index contributed by atoms with van der Waals surface area (Å²) in [6, 6.07) is 13.9. The Morgan fingerprint density at radius 3 is 2.86 bits per heavy atom. The van der Waals surface area contributed by atoms with Crippen LogP contribution in [0.4, 0.5) is 4.39 Å². The Bertz CT molecular complexity index is 986. The summed E-state index contributed by atoms with van der Waals surface area (Å²) in [7, 11) is 0. The quantitative estimate of drug-likeness (QED) is 0.656. The van der Waals surface area contributed by atoms with Gasteiger partial charge in [-0.2, -0.15) is 0 Å². The molecule has 3 aromatic rings. The van der Waals surface area contributed by atoms with Crippen LogP contribution >= 0.6 is 0 Å². The van der Waals surface area contributed by atoms with E-state index in [9.17, 15) is 9.18 Å². The zero-order valence-electron chi connectivity index (χ0n) is 15.7. The highest BCUT2D eigenvalue weighted by Gasteiger charge is 2.19. The first-order valence-corrected chi connectivity index (χ1v) is 9.25. The smallest absolute Gasteiger partial charge is 0.287 e. The molecule has 4 rings (SSSR count). The SMILES string of the molecule is O=C(NCCc1cc(F)cc2c1OCOC2)c1occc1COc1ccccc1. The summed E-state index contributed by atoms with van der Waals surface area (Å²) < 4.78 is 35.5. The minimum atomic E-state index is -0.356. The predicted octanol–water partition coefficient (Wildman–Crippen LogP) is 3.84. The van der Waals surface area contributed by atoms with Crippen LogP contribution in [0.25, 0.3) is 0 Å². The fraction of sp³-hybridized carbons (Fsp3) is 0.227. The Kier molecular flexibility index (Phi) is 5.76. The average molecular weight is 397 g/mol. The van der Waals surface area contributed by atoms with E-state index in [1.165, 1.54) is 18.4 Å². The molecule has 1 N–H and O–H groups in total. The molecule has 0 spiro atoms. The number of halogens is 1. The Hall–Kier alpha value is -3.32. The van der Waals surface area contributed by atoms with Gasteiger partial charge in [-0.1, -0.05) is 18.2 Å². The van der Waals surface area contributed by atoms with E-state index in [0.717, 1.165) is 0 Å². The van der Waals surface area contributed by atoms with Crippen LogP contribution in [0.1, 0.15) is 27.2 Å². The van der Waals surface area contributed by atoms with Crippen LogP contribution in [0.5, 0.6) is 11.5 Å². The molecule has 0 fully saturated rings. The monoisotopic (exact) mass is 397 g/mol. The summed E-state index contributed by atoms with van der Waals surface area (Å²) in [5, 5.41) is 2.80. The van der Waals surface area contributed by atoms with Gasteiger partial charge in [-0.15, -0.1) is 0 Å². The van der Waals surface area contributed by atoms with Crippen LogP contribution in [0.15, 0.2) is 59.2 Å². The lowest BCUT2D eigenvalue weighted by molar-refractivity contribution is -0.0172. The maximum Gasteiger partial charge on any atom is 0.287 e. The zero-order valence-corrected chi connectivity index (χ0v) is 15.7. The molecule has 6 nitrogen and oxygen atoms in total. The number of para-hydroxylation sites is 1. The van der Waals surface area contributed by atoms with Gasteiger partial charge < -0.3 is 23.9 Å². The summed E-state index contributed by atoms with van der Waals surface area (Å²) >= 11 is 0. The van der Waals surface area contributed by atoms with Crippen molar-refractivity contribution in [3.8, 4) is 11.5 Å². The van der Waals surface area contributed by atoms with Crippen molar-refractivity contribution in [2.75, 3.05) is 13.3 Å². The fourth-order valence-electron chi connectivity index (χ4n) is 3.16. The van der Waals surface area contributed by atoms with Crippen molar-refractivity contribution in [1.29, 1.82) is 0 Å². The summed E-state index contributed by atoms with van der Waals surface area (Å²) in [5.41, 5.74) is 2.01. The molecule has 0 unspecified atom stereocenters. The number of nitrogens with one attached hydrogen (secondary N) is 1. The largest absolute Gasteiger partial charge is 0.489 e. The van der Waals surface area contributed by atoms with Crippen molar-refractivity contribution in [1.82, 2.24) is 5.32 Å². The molecular weight excluding hydrogens is 377 g/mol. The van der Waals surface area contributed by atoms with E-state index in [1.807, 2.05) is 30.3 Å². The molecule has 1 amide bonds. The van der Waals surface area contributed by atoms with Crippen molar-refractivity contribution < 1.29 is 27.8 Å². The summed E-state index contributed by atoms with van der Waals surface area (Å²) in [4.78, 5) is 12.5. The molecule has 0 saturated heterocycles. The molecule has 0 aliphatic carbocycles. The number of carbonyl (C=O) groups is 1. The molecule has 1 aliphatic rings. The van der Waals surface area contributed by atoms with Crippen LogP contribution in [-0.4, -0.2) is 19.2 Å². The van der Waals surface area contributed by atoms with Gasteiger partial charge in [0.2, 0.25) is 0 Å². The molecule has 29 heavy (non-hydrogen) atoms. The molecule has 1 aromatic heterocycles. The van der Waals surface area contributed by atoms with Gasteiger partial charge in [-0.05, 0) is 42.3 Å². The second-order valence-corrected chi connectivity index (χ2v) is 6.55. The third-order valence-electron chi connectivity index (χ3n) is 4.52. The number of fused-ring (bicyclic) bond motifs is 1. The third kappa shape index (κ3) is 4.57. The van der Waals surface area contributed by atoms with Crippen LogP contribution in [0.2, 0.25) is 0 Å². The van der Waals surface area contributed by atoms with E-state index in [0.29, 0.717) is 47.8 Å². The minimum absolute atomic E-state index is 0.134. The normalized spacial score (nSPS) is 12.7. The lowest BCUT2D eigenvalue weighted by atomic mass is 10.1. The average Bonchev–Trinajstić information content (AvgIpc) is 3.21. The van der Waals surface area contributed by atoms with Crippen molar-refractivity contribution in [3.05, 3.63) is 83.1 Å². The Labute approximate surface area is 167 Å². The molecule has 150 valence electrons.